The lowest BCUT2D eigenvalue weighted by Gasteiger charge is -2.01. The minimum Gasteiger partial charge on any atom is -0.346 e. The lowest BCUT2D eigenvalue weighted by atomic mass is 10.4. The average molecular weight is 398 g/mol. The van der Waals surface area contributed by atoms with Crippen LogP contribution in [-0.2, 0) is 6.54 Å². The van der Waals surface area contributed by atoms with Gasteiger partial charge >= 0.3 is 0 Å². The molecule has 0 aliphatic rings. The van der Waals surface area contributed by atoms with Gasteiger partial charge in [0.05, 0.1) is 21.5 Å². The van der Waals surface area contributed by atoms with Crippen LogP contribution in [0.2, 0.25) is 4.34 Å². The van der Waals surface area contributed by atoms with Crippen molar-refractivity contribution < 1.29 is 4.79 Å². The van der Waals surface area contributed by atoms with Crippen LogP contribution in [0.3, 0.4) is 0 Å². The Morgan fingerprint density at radius 3 is 2.86 bits per heavy atom. The molecule has 3 rings (SSSR count). The third-order valence-corrected chi connectivity index (χ3v) is 4.54. The van der Waals surface area contributed by atoms with Gasteiger partial charge in [0.2, 0.25) is 0 Å². The molecule has 0 unspecified atom stereocenters. The van der Waals surface area contributed by atoms with Gasteiger partial charge in [-0.05, 0) is 40.2 Å². The van der Waals surface area contributed by atoms with Crippen molar-refractivity contribution >= 4 is 44.8 Å². The number of nitrogens with zero attached hydrogens (tertiary/aromatic N) is 3. The molecule has 0 saturated carbocycles. The summed E-state index contributed by atoms with van der Waals surface area (Å²) in [4.78, 5) is 21.1. The minimum atomic E-state index is -0.159. The van der Waals surface area contributed by atoms with Crippen molar-refractivity contribution in [3.05, 3.63) is 62.4 Å². The monoisotopic (exact) mass is 396 g/mol. The molecule has 0 saturated heterocycles. The number of carbonyl (C=O) groups excluding carboxylic acids is 1. The third kappa shape index (κ3) is 3.55. The Labute approximate surface area is 144 Å². The van der Waals surface area contributed by atoms with Crippen LogP contribution in [0.4, 0.5) is 0 Å². The van der Waals surface area contributed by atoms with E-state index >= 15 is 0 Å². The van der Waals surface area contributed by atoms with Crippen LogP contribution in [0.25, 0.3) is 5.82 Å². The summed E-state index contributed by atoms with van der Waals surface area (Å²) in [6, 6.07) is 7.19. The Balaban J connectivity index is 1.64. The molecule has 1 amide bonds. The molecule has 0 aliphatic heterocycles. The Morgan fingerprint density at radius 1 is 1.32 bits per heavy atom. The molecule has 8 heteroatoms. The maximum Gasteiger partial charge on any atom is 0.261 e. The van der Waals surface area contributed by atoms with E-state index in [0.717, 1.165) is 16.0 Å². The van der Waals surface area contributed by atoms with Crippen LogP contribution in [0.15, 0.2) is 47.5 Å². The Kier molecular flexibility index (Phi) is 4.56. The van der Waals surface area contributed by atoms with Gasteiger partial charge in [0.15, 0.2) is 0 Å². The molecule has 0 aromatic carbocycles. The number of rotatable bonds is 4. The molecule has 0 bridgehead atoms. The fourth-order valence-electron chi connectivity index (χ4n) is 1.80. The van der Waals surface area contributed by atoms with Gasteiger partial charge in [-0.15, -0.1) is 11.3 Å². The summed E-state index contributed by atoms with van der Waals surface area (Å²) >= 11 is 10.4. The predicted octanol–water partition coefficient (Wildman–Crippen LogP) is 3.67. The summed E-state index contributed by atoms with van der Waals surface area (Å²) in [6.07, 6.45) is 5.22. The summed E-state index contributed by atoms with van der Waals surface area (Å²) in [5.41, 5.74) is 0.751. The van der Waals surface area contributed by atoms with E-state index in [1.807, 2.05) is 18.3 Å². The van der Waals surface area contributed by atoms with Gasteiger partial charge in [0, 0.05) is 16.9 Å². The summed E-state index contributed by atoms with van der Waals surface area (Å²) < 4.78 is 3.31. The zero-order chi connectivity index (χ0) is 15.5. The Hall–Kier alpha value is -1.70. The molecule has 3 heterocycles. The fraction of sp³-hybridized carbons (Fsp3) is 0.0714. The van der Waals surface area contributed by atoms with Gasteiger partial charge < -0.3 is 5.32 Å². The molecule has 0 radical (unpaired) electrons. The highest BCUT2D eigenvalue weighted by molar-refractivity contribution is 9.10. The van der Waals surface area contributed by atoms with Crippen LogP contribution in [-0.4, -0.2) is 20.4 Å². The molecule has 22 heavy (non-hydrogen) atoms. The molecule has 0 fully saturated rings. The van der Waals surface area contributed by atoms with Crippen molar-refractivity contribution in [3.8, 4) is 5.82 Å². The number of pyridine rings is 1. The van der Waals surface area contributed by atoms with E-state index in [1.54, 1.807) is 29.2 Å². The number of halogens is 2. The van der Waals surface area contributed by atoms with Gasteiger partial charge in [-0.2, -0.15) is 0 Å². The van der Waals surface area contributed by atoms with E-state index < -0.39 is 0 Å². The van der Waals surface area contributed by atoms with E-state index in [1.165, 1.54) is 11.3 Å². The van der Waals surface area contributed by atoms with Crippen LogP contribution < -0.4 is 5.32 Å². The van der Waals surface area contributed by atoms with Gasteiger partial charge in [0.25, 0.3) is 5.91 Å². The first kappa shape index (κ1) is 15.2. The molecule has 0 spiro atoms. The standard InChI is InChI=1S/C14H10BrClN4OS/c15-9-1-4-13(17-5-9)20-7-10(19-8-20)6-18-14(21)11-2-3-12(16)22-11/h1-5,7-8H,6H2,(H,18,21). The molecular formula is C14H10BrClN4OS. The zero-order valence-corrected chi connectivity index (χ0v) is 14.3. The van der Waals surface area contributed by atoms with Crippen molar-refractivity contribution in [1.82, 2.24) is 19.9 Å². The van der Waals surface area contributed by atoms with Crippen LogP contribution in [0.1, 0.15) is 15.4 Å². The van der Waals surface area contributed by atoms with Crippen LogP contribution in [0.5, 0.6) is 0 Å². The Morgan fingerprint density at radius 2 is 2.18 bits per heavy atom. The van der Waals surface area contributed by atoms with Crippen LogP contribution >= 0.6 is 38.9 Å². The molecule has 1 N–H and O–H groups in total. The Bertz CT molecular complexity index is 799. The quantitative estimate of drug-likeness (QED) is 0.730. The molecular weight excluding hydrogens is 388 g/mol. The number of hydrogen-bond donors (Lipinski definition) is 1. The molecule has 5 nitrogen and oxygen atoms in total. The number of amides is 1. The van der Waals surface area contributed by atoms with Crippen molar-refractivity contribution in [3.63, 3.8) is 0 Å². The second-order valence-corrected chi connectivity index (χ2v) is 7.02. The predicted molar refractivity (Wildman–Crippen MR) is 89.6 cm³/mol. The van der Waals surface area contributed by atoms with E-state index in [9.17, 15) is 4.79 Å². The maximum absolute atomic E-state index is 11.9. The van der Waals surface area contributed by atoms with Gasteiger partial charge in [-0.1, -0.05) is 11.6 Å². The van der Waals surface area contributed by atoms with Crippen molar-refractivity contribution in [2.45, 2.75) is 6.54 Å². The lowest BCUT2D eigenvalue weighted by Crippen LogP contribution is -2.21. The first-order valence-electron chi connectivity index (χ1n) is 6.30. The summed E-state index contributed by atoms with van der Waals surface area (Å²) in [6.45, 7) is 0.345. The van der Waals surface area contributed by atoms with E-state index in [2.05, 4.69) is 31.2 Å². The minimum absolute atomic E-state index is 0.159. The number of thiophene rings is 1. The molecule has 3 aromatic rings. The number of imidazole rings is 1. The highest BCUT2D eigenvalue weighted by Gasteiger charge is 2.09. The second kappa shape index (κ2) is 6.60. The zero-order valence-electron chi connectivity index (χ0n) is 11.2. The van der Waals surface area contributed by atoms with Crippen LogP contribution in [0, 0.1) is 0 Å². The molecule has 112 valence electrons. The third-order valence-electron chi connectivity index (χ3n) is 2.84. The fourth-order valence-corrected chi connectivity index (χ4v) is 2.99. The van der Waals surface area contributed by atoms with E-state index in [4.69, 9.17) is 11.6 Å². The average Bonchev–Trinajstić information content (AvgIpc) is 3.15. The second-order valence-electron chi connectivity index (χ2n) is 4.39. The summed E-state index contributed by atoms with van der Waals surface area (Å²) in [5, 5.41) is 2.81. The van der Waals surface area contributed by atoms with Gasteiger partial charge in [-0.3, -0.25) is 9.36 Å². The first-order chi connectivity index (χ1) is 10.6. The number of carbonyl (C=O) groups is 1. The summed E-state index contributed by atoms with van der Waals surface area (Å²) in [5.74, 6) is 0.603. The smallest absolute Gasteiger partial charge is 0.261 e. The van der Waals surface area contributed by atoms with Gasteiger partial charge in [0.1, 0.15) is 12.1 Å². The lowest BCUT2D eigenvalue weighted by molar-refractivity contribution is 0.0954. The van der Waals surface area contributed by atoms with E-state index in [-0.39, 0.29) is 5.91 Å². The topological polar surface area (TPSA) is 59.8 Å². The van der Waals surface area contributed by atoms with E-state index in [0.29, 0.717) is 15.8 Å². The first-order valence-corrected chi connectivity index (χ1v) is 8.29. The SMILES string of the molecule is O=C(NCc1cn(-c2ccc(Br)cn2)cn1)c1ccc(Cl)s1. The van der Waals surface area contributed by atoms with Crippen molar-refractivity contribution in [2.24, 2.45) is 0 Å². The molecule has 3 aromatic heterocycles. The summed E-state index contributed by atoms with van der Waals surface area (Å²) in [7, 11) is 0. The van der Waals surface area contributed by atoms with Crippen molar-refractivity contribution in [2.75, 3.05) is 0 Å². The largest absolute Gasteiger partial charge is 0.346 e. The maximum atomic E-state index is 11.9. The highest BCUT2D eigenvalue weighted by Crippen LogP contribution is 2.21. The van der Waals surface area contributed by atoms with Gasteiger partial charge in [-0.25, -0.2) is 9.97 Å². The molecule has 0 atom stereocenters. The van der Waals surface area contributed by atoms with Crippen molar-refractivity contribution in [1.29, 1.82) is 0 Å². The number of nitrogens with one attached hydrogen (secondary N) is 1. The highest BCUT2D eigenvalue weighted by atomic mass is 79.9. The normalized spacial score (nSPS) is 10.6. The number of hydrogen-bond acceptors (Lipinski definition) is 4. The number of aromatic nitrogens is 3. The molecule has 0 aliphatic carbocycles.